The van der Waals surface area contributed by atoms with Crippen molar-refractivity contribution in [3.63, 3.8) is 0 Å². The fourth-order valence-electron chi connectivity index (χ4n) is 6.88. The van der Waals surface area contributed by atoms with E-state index in [1.165, 1.54) is 16.7 Å². The predicted octanol–water partition coefficient (Wildman–Crippen LogP) is 7.24. The monoisotopic (exact) mass is 529 g/mol. The van der Waals surface area contributed by atoms with Gasteiger partial charge in [-0.15, -0.1) is 0 Å². The molecule has 5 atom stereocenters. The van der Waals surface area contributed by atoms with E-state index in [0.29, 0.717) is 29.9 Å². The van der Waals surface area contributed by atoms with Gasteiger partial charge >= 0.3 is 0 Å². The van der Waals surface area contributed by atoms with Gasteiger partial charge in [0, 0.05) is 11.8 Å². The summed E-state index contributed by atoms with van der Waals surface area (Å²) >= 11 is 2.24. The van der Waals surface area contributed by atoms with Crippen LogP contribution in [0.4, 0.5) is 0 Å². The minimum atomic E-state index is -0.707. The van der Waals surface area contributed by atoms with Gasteiger partial charge in [-0.25, -0.2) is 0 Å². The van der Waals surface area contributed by atoms with Gasteiger partial charge in [-0.1, -0.05) is 60.1 Å². The minimum Gasteiger partial charge on any atom is -0.508 e. The summed E-state index contributed by atoms with van der Waals surface area (Å²) in [6.07, 6.45) is 14.6. The number of halogens is 1. The van der Waals surface area contributed by atoms with Crippen LogP contribution in [-0.2, 0) is 0 Å². The fraction of sp³-hybridized carbons (Fsp3) is 0.593. The zero-order chi connectivity index (χ0) is 22.1. The summed E-state index contributed by atoms with van der Waals surface area (Å²) in [4.78, 5) is 0. The topological polar surface area (TPSA) is 64.2 Å². The van der Waals surface area contributed by atoms with Gasteiger partial charge in [0.05, 0.1) is 11.7 Å². The molecule has 0 radical (unpaired) electrons. The van der Waals surface area contributed by atoms with Crippen molar-refractivity contribution in [2.75, 3.05) is 0 Å². The third-order valence-electron chi connectivity index (χ3n) is 8.57. The molecule has 0 bridgehead atoms. The average molecular weight is 529 g/mol. The van der Waals surface area contributed by atoms with Gasteiger partial charge in [0.2, 0.25) is 0 Å². The number of benzene rings is 1. The van der Waals surface area contributed by atoms with E-state index in [-0.39, 0.29) is 5.41 Å². The lowest BCUT2D eigenvalue weighted by Crippen LogP contribution is -2.49. The number of hydrogen-bond donors (Lipinski definition) is 2. The van der Waals surface area contributed by atoms with Crippen molar-refractivity contribution in [3.8, 4) is 11.8 Å². The number of hydrogen-bond acceptors (Lipinski definition) is 3. The van der Waals surface area contributed by atoms with Gasteiger partial charge in [-0.3, -0.25) is 0 Å². The van der Waals surface area contributed by atoms with Gasteiger partial charge < -0.3 is 10.2 Å². The number of fused-ring (bicyclic) bond motifs is 5. The number of nitrogens with zero attached hydrogens (tertiary/aromatic N) is 1. The molecule has 1 aromatic carbocycles. The number of nitriles is 1. The van der Waals surface area contributed by atoms with Gasteiger partial charge in [-0.2, -0.15) is 5.26 Å². The zero-order valence-corrected chi connectivity index (χ0v) is 20.6. The van der Waals surface area contributed by atoms with Crippen molar-refractivity contribution in [1.82, 2.24) is 0 Å². The molecule has 0 amide bonds. The smallest absolute Gasteiger partial charge is 0.116 e. The van der Waals surface area contributed by atoms with Crippen molar-refractivity contribution >= 4 is 28.7 Å². The second-order valence-electron chi connectivity index (χ2n) is 10.1. The summed E-state index contributed by atoms with van der Waals surface area (Å²) in [5.41, 5.74) is 3.28. The van der Waals surface area contributed by atoms with Crippen LogP contribution in [0.2, 0.25) is 0 Å². The summed E-state index contributed by atoms with van der Waals surface area (Å²) in [5, 5.41) is 30.4. The molecule has 3 aliphatic rings. The van der Waals surface area contributed by atoms with Gasteiger partial charge in [0.1, 0.15) is 5.75 Å². The molecule has 4 heteroatoms. The first-order valence-corrected chi connectivity index (χ1v) is 13.1. The molecule has 2 saturated carbocycles. The van der Waals surface area contributed by atoms with E-state index in [2.05, 4.69) is 47.7 Å². The average Bonchev–Trinajstić information content (AvgIpc) is 3.01. The Kier molecular flexibility index (Phi) is 6.84. The lowest BCUT2D eigenvalue weighted by atomic mass is 9.52. The van der Waals surface area contributed by atoms with Crippen molar-refractivity contribution in [2.24, 2.45) is 17.3 Å². The van der Waals surface area contributed by atoms with Crippen molar-refractivity contribution < 1.29 is 10.2 Å². The molecule has 0 aliphatic heterocycles. The van der Waals surface area contributed by atoms with Gasteiger partial charge in [0.15, 0.2) is 0 Å². The first-order valence-electron chi connectivity index (χ1n) is 11.8. The molecule has 0 spiro atoms. The Hall–Kier alpha value is -1.32. The van der Waals surface area contributed by atoms with Crippen LogP contribution in [0.3, 0.4) is 0 Å². The summed E-state index contributed by atoms with van der Waals surface area (Å²) in [6.45, 7) is 2.32. The van der Waals surface area contributed by atoms with E-state index in [0.717, 1.165) is 57.8 Å². The van der Waals surface area contributed by atoms with Crippen molar-refractivity contribution in [1.29, 1.82) is 5.26 Å². The quantitative estimate of drug-likeness (QED) is 0.289. The molecule has 3 nitrogen and oxygen atoms in total. The normalized spacial score (nSPS) is 34.0. The van der Waals surface area contributed by atoms with Crippen LogP contribution in [-0.4, -0.2) is 15.8 Å². The maximum atomic E-state index is 11.6. The molecule has 0 aromatic heterocycles. The Morgan fingerprint density at radius 2 is 2.00 bits per heavy atom. The fourth-order valence-corrected chi connectivity index (χ4v) is 7.48. The zero-order valence-electron chi connectivity index (χ0n) is 18.5. The Labute approximate surface area is 200 Å². The molecule has 3 aliphatic carbocycles. The second kappa shape index (κ2) is 9.27. The molecule has 166 valence electrons. The van der Waals surface area contributed by atoms with Crippen LogP contribution in [0.15, 0.2) is 33.9 Å². The van der Waals surface area contributed by atoms with Crippen molar-refractivity contribution in [3.05, 3.63) is 45.1 Å². The van der Waals surface area contributed by atoms with E-state index in [9.17, 15) is 10.2 Å². The number of aliphatic hydroxyl groups is 1. The molecule has 1 aromatic rings. The maximum absolute atomic E-state index is 11.6. The van der Waals surface area contributed by atoms with Crippen LogP contribution in [0.5, 0.6) is 5.75 Å². The number of allylic oxidation sites excluding steroid dienone is 1. The van der Waals surface area contributed by atoms with Crippen LogP contribution in [0, 0.1) is 28.6 Å². The second-order valence-corrected chi connectivity index (χ2v) is 10.8. The standard InChI is InChI=1S/C27H34INO2/c1-26-12-10-23-22-9-8-21(30)18-20(22)17-19(7-5-3-2-4-6-16-29)25(23)24(26)11-13-27(26,31)14-15-28/h8-9,14-15,17-18,23-25,30-31H,2-7,10-13H2,1H3/b15-14+/t23-,24+,25-,26+,27-/m1/s1/i28-2. The maximum Gasteiger partial charge on any atom is 0.116 e. The van der Waals surface area contributed by atoms with E-state index in [4.69, 9.17) is 5.26 Å². The molecular formula is C27H34INO2. The third-order valence-corrected chi connectivity index (χ3v) is 8.93. The third kappa shape index (κ3) is 4.09. The summed E-state index contributed by atoms with van der Waals surface area (Å²) in [6, 6.07) is 8.14. The number of aromatic hydroxyl groups is 1. The molecule has 0 unspecified atom stereocenters. The first kappa shape index (κ1) is 22.9. The Morgan fingerprint density at radius 3 is 2.77 bits per heavy atom. The highest BCUT2D eigenvalue weighted by Crippen LogP contribution is 2.65. The number of phenolic OH excluding ortho intramolecular Hbond substituents is 1. The first-order chi connectivity index (χ1) is 14.9. The van der Waals surface area contributed by atoms with Crippen molar-refractivity contribution in [2.45, 2.75) is 82.7 Å². The summed E-state index contributed by atoms with van der Waals surface area (Å²) < 4.78 is 1.99. The lowest BCUT2D eigenvalue weighted by Gasteiger charge is -2.53. The Balaban J connectivity index is 1.63. The lowest BCUT2D eigenvalue weighted by molar-refractivity contribution is -0.0633. The van der Waals surface area contributed by atoms with E-state index < -0.39 is 5.60 Å². The molecular weight excluding hydrogens is 495 g/mol. The molecule has 0 heterocycles. The molecule has 4 rings (SSSR count). The largest absolute Gasteiger partial charge is 0.508 e. The molecule has 2 N–H and O–H groups in total. The predicted molar refractivity (Wildman–Crippen MR) is 134 cm³/mol. The van der Waals surface area contributed by atoms with Crippen LogP contribution >= 0.6 is 22.6 Å². The number of phenols is 1. The highest BCUT2D eigenvalue weighted by atomic mass is 125. The van der Waals surface area contributed by atoms with Crippen LogP contribution in [0.1, 0.15) is 88.2 Å². The molecule has 31 heavy (non-hydrogen) atoms. The molecule has 2 fully saturated rings. The minimum absolute atomic E-state index is 0.0872. The van der Waals surface area contributed by atoms with E-state index in [1.54, 1.807) is 0 Å². The highest BCUT2D eigenvalue weighted by Gasteiger charge is 2.61. The number of unbranched alkanes of at least 4 members (excludes halogenated alkanes) is 4. The van der Waals surface area contributed by atoms with Gasteiger partial charge in [-0.05, 0) is 96.1 Å². The van der Waals surface area contributed by atoms with Gasteiger partial charge in [0.25, 0.3) is 0 Å². The Morgan fingerprint density at radius 1 is 1.19 bits per heavy atom. The van der Waals surface area contributed by atoms with E-state index >= 15 is 0 Å². The molecule has 0 saturated heterocycles. The van der Waals surface area contributed by atoms with Crippen LogP contribution in [0.25, 0.3) is 6.08 Å². The summed E-state index contributed by atoms with van der Waals surface area (Å²) in [5.74, 6) is 1.78. The summed E-state index contributed by atoms with van der Waals surface area (Å²) in [7, 11) is 0. The highest BCUT2D eigenvalue weighted by molar-refractivity contribution is 14.1. The van der Waals surface area contributed by atoms with E-state index in [1.807, 2.05) is 22.3 Å². The SMILES string of the molecule is C[C@]12CC[C@@H]3c4ccc(O)cc4C=C(CCCCCCC#N)[C@H]3[C@@H]1CC[C@@]2(O)/C=C/[125I]. The van der Waals surface area contributed by atoms with Crippen LogP contribution < -0.4 is 0 Å². The Bertz CT molecular complexity index is 916. The number of rotatable bonds is 7.